The third-order valence-corrected chi connectivity index (χ3v) is 2.87. The van der Waals surface area contributed by atoms with Crippen molar-refractivity contribution in [2.75, 3.05) is 0 Å². The number of fused-ring (bicyclic) bond motifs is 1. The van der Waals surface area contributed by atoms with Gasteiger partial charge in [-0.25, -0.2) is 4.52 Å². The van der Waals surface area contributed by atoms with Crippen molar-refractivity contribution in [1.29, 1.82) is 0 Å². The van der Waals surface area contributed by atoms with E-state index in [1.165, 1.54) is 5.56 Å². The lowest BCUT2D eigenvalue weighted by atomic mass is 10.3. The number of halogens is 1. The molecule has 2 rings (SSSR count). The van der Waals surface area contributed by atoms with Crippen molar-refractivity contribution in [1.82, 2.24) is 9.61 Å². The number of nitrogens with zero attached hydrogens (tertiary/aromatic N) is 2. The van der Waals surface area contributed by atoms with Gasteiger partial charge in [-0.1, -0.05) is 0 Å². The molecular weight excluding hydrogens is 216 g/mol. The van der Waals surface area contributed by atoms with E-state index in [0.717, 1.165) is 15.7 Å². The van der Waals surface area contributed by atoms with Gasteiger partial charge in [0.05, 0.1) is 15.7 Å². The zero-order valence-electron chi connectivity index (χ0n) is 7.00. The lowest BCUT2D eigenvalue weighted by Crippen LogP contribution is -1.85. The number of aromatic nitrogens is 2. The maximum Gasteiger partial charge on any atom is 0.0809 e. The maximum absolute atomic E-state index is 4.32. The van der Waals surface area contributed by atoms with Crippen molar-refractivity contribution in [3.8, 4) is 0 Å². The van der Waals surface area contributed by atoms with Crippen molar-refractivity contribution < 1.29 is 0 Å². The fourth-order valence-electron chi connectivity index (χ4n) is 1.24. The number of pyridine rings is 1. The zero-order valence-corrected chi connectivity index (χ0v) is 8.59. The Morgan fingerprint density at radius 3 is 2.92 bits per heavy atom. The SMILES string of the molecule is Cc1ccn2nc(C)c(Br)c2c1. The van der Waals surface area contributed by atoms with E-state index in [0.29, 0.717) is 0 Å². The first-order valence-electron chi connectivity index (χ1n) is 3.79. The van der Waals surface area contributed by atoms with Crippen LogP contribution in [0.25, 0.3) is 5.52 Å². The van der Waals surface area contributed by atoms with Gasteiger partial charge in [0.25, 0.3) is 0 Å². The molecule has 2 nitrogen and oxygen atoms in total. The van der Waals surface area contributed by atoms with Crippen LogP contribution in [-0.4, -0.2) is 9.61 Å². The van der Waals surface area contributed by atoms with Gasteiger partial charge in [0.1, 0.15) is 0 Å². The van der Waals surface area contributed by atoms with E-state index in [1.807, 2.05) is 23.7 Å². The molecule has 0 unspecified atom stereocenters. The first-order chi connectivity index (χ1) is 5.68. The molecule has 0 spiro atoms. The highest BCUT2D eigenvalue weighted by atomic mass is 79.9. The Hall–Kier alpha value is -0.830. The molecule has 0 aliphatic rings. The topological polar surface area (TPSA) is 17.3 Å². The molecule has 2 aromatic rings. The fraction of sp³-hybridized carbons (Fsp3) is 0.222. The molecule has 0 N–H and O–H groups in total. The Kier molecular flexibility index (Phi) is 1.68. The van der Waals surface area contributed by atoms with Crippen molar-refractivity contribution in [3.05, 3.63) is 34.1 Å². The number of hydrogen-bond acceptors (Lipinski definition) is 1. The third kappa shape index (κ3) is 1.05. The van der Waals surface area contributed by atoms with Gasteiger partial charge in [-0.05, 0) is 47.5 Å². The quantitative estimate of drug-likeness (QED) is 0.673. The van der Waals surface area contributed by atoms with Gasteiger partial charge in [-0.15, -0.1) is 0 Å². The minimum absolute atomic E-state index is 1.03. The van der Waals surface area contributed by atoms with Gasteiger partial charge in [-0.3, -0.25) is 0 Å². The van der Waals surface area contributed by atoms with Gasteiger partial charge in [0, 0.05) is 6.20 Å². The Morgan fingerprint density at radius 2 is 2.17 bits per heavy atom. The van der Waals surface area contributed by atoms with Crippen LogP contribution >= 0.6 is 15.9 Å². The van der Waals surface area contributed by atoms with E-state index in [1.54, 1.807) is 0 Å². The molecule has 2 aromatic heterocycles. The van der Waals surface area contributed by atoms with Crippen molar-refractivity contribution >= 4 is 21.4 Å². The Bertz CT molecular complexity index is 431. The molecule has 0 aliphatic carbocycles. The predicted molar refractivity (Wildman–Crippen MR) is 52.4 cm³/mol. The van der Waals surface area contributed by atoms with E-state index in [9.17, 15) is 0 Å². The van der Waals surface area contributed by atoms with Crippen LogP contribution in [0, 0.1) is 13.8 Å². The van der Waals surface area contributed by atoms with Gasteiger partial charge < -0.3 is 0 Å². The standard InChI is InChI=1S/C9H9BrN2/c1-6-3-4-12-8(5-6)9(10)7(2)11-12/h3-5H,1-2H3. The second-order valence-electron chi connectivity index (χ2n) is 2.93. The summed E-state index contributed by atoms with van der Waals surface area (Å²) in [6.07, 6.45) is 1.97. The summed E-state index contributed by atoms with van der Waals surface area (Å²) in [5.41, 5.74) is 3.41. The van der Waals surface area contributed by atoms with E-state index in [2.05, 4.69) is 34.0 Å². The van der Waals surface area contributed by atoms with Crippen LogP contribution in [0.3, 0.4) is 0 Å². The fourth-order valence-corrected chi connectivity index (χ4v) is 1.62. The minimum atomic E-state index is 1.03. The largest absolute Gasteiger partial charge is 0.240 e. The molecule has 0 saturated heterocycles. The summed E-state index contributed by atoms with van der Waals surface area (Å²) in [4.78, 5) is 0. The maximum atomic E-state index is 4.32. The Labute approximate surface area is 79.3 Å². The lowest BCUT2D eigenvalue weighted by Gasteiger charge is -1.94. The summed E-state index contributed by atoms with van der Waals surface area (Å²) in [6, 6.07) is 4.16. The molecule has 0 amide bonds. The first kappa shape index (κ1) is 7.80. The predicted octanol–water partition coefficient (Wildman–Crippen LogP) is 2.71. The molecule has 62 valence electrons. The number of hydrogen-bond donors (Lipinski definition) is 0. The van der Waals surface area contributed by atoms with Crippen LogP contribution < -0.4 is 0 Å². The number of aryl methyl sites for hydroxylation is 2. The second-order valence-corrected chi connectivity index (χ2v) is 3.73. The van der Waals surface area contributed by atoms with E-state index < -0.39 is 0 Å². The molecule has 0 saturated carbocycles. The van der Waals surface area contributed by atoms with Crippen LogP contribution in [0.5, 0.6) is 0 Å². The molecule has 3 heteroatoms. The van der Waals surface area contributed by atoms with Crippen molar-refractivity contribution in [3.63, 3.8) is 0 Å². The van der Waals surface area contributed by atoms with Crippen LogP contribution in [-0.2, 0) is 0 Å². The van der Waals surface area contributed by atoms with E-state index in [4.69, 9.17) is 0 Å². The molecular formula is C9H9BrN2. The molecule has 0 fully saturated rings. The molecule has 0 radical (unpaired) electrons. The highest BCUT2D eigenvalue weighted by Crippen LogP contribution is 2.21. The zero-order chi connectivity index (χ0) is 8.72. The summed E-state index contributed by atoms with van der Waals surface area (Å²) in [5, 5.41) is 4.32. The molecule has 0 aliphatic heterocycles. The van der Waals surface area contributed by atoms with Crippen LogP contribution in [0.15, 0.2) is 22.8 Å². The van der Waals surface area contributed by atoms with E-state index >= 15 is 0 Å². The molecule has 12 heavy (non-hydrogen) atoms. The Morgan fingerprint density at radius 1 is 1.42 bits per heavy atom. The smallest absolute Gasteiger partial charge is 0.0809 e. The van der Waals surface area contributed by atoms with Crippen molar-refractivity contribution in [2.24, 2.45) is 0 Å². The average molecular weight is 225 g/mol. The lowest BCUT2D eigenvalue weighted by molar-refractivity contribution is 0.931. The summed E-state index contributed by atoms with van der Waals surface area (Å²) in [7, 11) is 0. The van der Waals surface area contributed by atoms with Gasteiger partial charge in [-0.2, -0.15) is 5.10 Å². The number of rotatable bonds is 0. The van der Waals surface area contributed by atoms with Crippen LogP contribution in [0.1, 0.15) is 11.3 Å². The molecule has 0 bridgehead atoms. The summed E-state index contributed by atoms with van der Waals surface area (Å²) < 4.78 is 2.97. The summed E-state index contributed by atoms with van der Waals surface area (Å²) >= 11 is 3.50. The second kappa shape index (κ2) is 2.59. The highest BCUT2D eigenvalue weighted by molar-refractivity contribution is 9.10. The van der Waals surface area contributed by atoms with Gasteiger partial charge in [0.15, 0.2) is 0 Å². The van der Waals surface area contributed by atoms with Crippen LogP contribution in [0.2, 0.25) is 0 Å². The molecule has 0 atom stereocenters. The Balaban J connectivity index is 2.88. The summed E-state index contributed by atoms with van der Waals surface area (Å²) in [5.74, 6) is 0. The third-order valence-electron chi connectivity index (χ3n) is 1.89. The monoisotopic (exact) mass is 224 g/mol. The first-order valence-corrected chi connectivity index (χ1v) is 4.59. The minimum Gasteiger partial charge on any atom is -0.240 e. The molecule has 2 heterocycles. The van der Waals surface area contributed by atoms with Gasteiger partial charge in [0.2, 0.25) is 0 Å². The normalized spacial score (nSPS) is 10.9. The van der Waals surface area contributed by atoms with Crippen molar-refractivity contribution in [2.45, 2.75) is 13.8 Å². The molecule has 0 aromatic carbocycles. The van der Waals surface area contributed by atoms with Gasteiger partial charge >= 0.3 is 0 Å². The highest BCUT2D eigenvalue weighted by Gasteiger charge is 2.04. The average Bonchev–Trinajstić information content (AvgIpc) is 2.31. The van der Waals surface area contributed by atoms with Crippen LogP contribution in [0.4, 0.5) is 0 Å². The summed E-state index contributed by atoms with van der Waals surface area (Å²) in [6.45, 7) is 4.07. The van der Waals surface area contributed by atoms with E-state index in [-0.39, 0.29) is 0 Å².